The van der Waals surface area contributed by atoms with Crippen LogP contribution in [0.5, 0.6) is 5.88 Å². The maximum atomic E-state index is 5.98. The molecule has 5 nitrogen and oxygen atoms in total. The van der Waals surface area contributed by atoms with E-state index >= 15 is 0 Å². The molecule has 20 heavy (non-hydrogen) atoms. The van der Waals surface area contributed by atoms with Gasteiger partial charge in [0.1, 0.15) is 0 Å². The van der Waals surface area contributed by atoms with Gasteiger partial charge in [0.15, 0.2) is 5.65 Å². The lowest BCUT2D eigenvalue weighted by molar-refractivity contribution is 0.389. The molecule has 0 saturated carbocycles. The topological polar surface area (TPSA) is 65.4 Å². The van der Waals surface area contributed by atoms with Crippen molar-refractivity contribution in [3.8, 4) is 17.1 Å². The maximum absolute atomic E-state index is 5.98. The number of aryl methyl sites for hydroxylation is 2. The molecule has 3 aromatic rings. The summed E-state index contributed by atoms with van der Waals surface area (Å²) in [5, 5.41) is 4.38. The number of methoxy groups -OCH3 is 1. The summed E-state index contributed by atoms with van der Waals surface area (Å²) >= 11 is 0. The minimum absolute atomic E-state index is 0.563. The lowest BCUT2D eigenvalue weighted by Gasteiger charge is -2.03. The molecule has 2 heterocycles. The van der Waals surface area contributed by atoms with Gasteiger partial charge in [-0.05, 0) is 31.5 Å². The van der Waals surface area contributed by atoms with Gasteiger partial charge < -0.3 is 10.5 Å². The van der Waals surface area contributed by atoms with Gasteiger partial charge in [0.2, 0.25) is 5.88 Å². The third-order valence-electron chi connectivity index (χ3n) is 3.44. The summed E-state index contributed by atoms with van der Waals surface area (Å²) in [5.74, 6) is 0.563. The molecule has 0 spiro atoms. The third kappa shape index (κ3) is 1.87. The number of fused-ring (bicyclic) bond motifs is 1. The molecular formula is C15H16N4O. The van der Waals surface area contributed by atoms with E-state index in [1.54, 1.807) is 17.7 Å². The van der Waals surface area contributed by atoms with Crippen LogP contribution in [0.4, 0.5) is 5.69 Å². The number of hydrogen-bond donors (Lipinski definition) is 1. The van der Waals surface area contributed by atoms with Crippen LogP contribution in [-0.4, -0.2) is 21.7 Å². The van der Waals surface area contributed by atoms with Gasteiger partial charge in [0, 0.05) is 17.3 Å². The molecule has 5 heteroatoms. The van der Waals surface area contributed by atoms with Crippen molar-refractivity contribution in [2.75, 3.05) is 12.8 Å². The van der Waals surface area contributed by atoms with Crippen LogP contribution in [0, 0.1) is 13.8 Å². The molecule has 0 bridgehead atoms. The van der Waals surface area contributed by atoms with Crippen molar-refractivity contribution < 1.29 is 4.74 Å². The van der Waals surface area contributed by atoms with E-state index < -0.39 is 0 Å². The Bertz CT molecular complexity index is 792. The minimum atomic E-state index is 0.563. The number of hydrogen-bond acceptors (Lipinski definition) is 4. The Hall–Kier alpha value is -2.56. The van der Waals surface area contributed by atoms with Crippen molar-refractivity contribution in [2.45, 2.75) is 13.8 Å². The van der Waals surface area contributed by atoms with Crippen LogP contribution >= 0.6 is 0 Å². The summed E-state index contributed by atoms with van der Waals surface area (Å²) in [7, 11) is 1.60. The van der Waals surface area contributed by atoms with Crippen LogP contribution in [-0.2, 0) is 0 Å². The highest BCUT2D eigenvalue weighted by Gasteiger charge is 2.12. The van der Waals surface area contributed by atoms with E-state index in [1.165, 1.54) is 0 Å². The summed E-state index contributed by atoms with van der Waals surface area (Å²) in [6.45, 7) is 3.97. The number of anilines is 1. The average Bonchev–Trinajstić information content (AvgIpc) is 2.79. The lowest BCUT2D eigenvalue weighted by Crippen LogP contribution is -1.97. The fourth-order valence-electron chi connectivity index (χ4n) is 2.20. The first-order chi connectivity index (χ1) is 9.60. The van der Waals surface area contributed by atoms with Crippen molar-refractivity contribution in [3.63, 3.8) is 0 Å². The molecule has 0 saturated heterocycles. The standard InChI is InChI=1S/C15H16N4O/c1-9-4-5-11(8-12(9)16)15-10(2)19-13(17-15)6-7-14(18-19)20-3/h4-8H,16H2,1-3H3. The van der Waals surface area contributed by atoms with Gasteiger partial charge in [-0.2, -0.15) is 0 Å². The van der Waals surface area contributed by atoms with E-state index in [4.69, 9.17) is 10.5 Å². The Labute approximate surface area is 117 Å². The number of benzene rings is 1. The monoisotopic (exact) mass is 268 g/mol. The van der Waals surface area contributed by atoms with Crippen LogP contribution in [0.3, 0.4) is 0 Å². The van der Waals surface area contributed by atoms with Crippen molar-refractivity contribution in [1.29, 1.82) is 0 Å². The van der Waals surface area contributed by atoms with Crippen LogP contribution in [0.15, 0.2) is 30.3 Å². The normalized spacial score (nSPS) is 10.9. The lowest BCUT2D eigenvalue weighted by atomic mass is 10.1. The molecule has 0 aliphatic rings. The Kier molecular flexibility index (Phi) is 2.82. The summed E-state index contributed by atoms with van der Waals surface area (Å²) in [6.07, 6.45) is 0. The van der Waals surface area contributed by atoms with Gasteiger partial charge in [0.05, 0.1) is 18.5 Å². The van der Waals surface area contributed by atoms with Crippen LogP contribution in [0.2, 0.25) is 0 Å². The molecule has 0 aliphatic heterocycles. The summed E-state index contributed by atoms with van der Waals surface area (Å²) in [4.78, 5) is 4.62. The first-order valence-electron chi connectivity index (χ1n) is 6.37. The van der Waals surface area contributed by atoms with Gasteiger partial charge >= 0.3 is 0 Å². The Morgan fingerprint density at radius 3 is 2.65 bits per heavy atom. The average molecular weight is 268 g/mol. The minimum Gasteiger partial charge on any atom is -0.480 e. The van der Waals surface area contributed by atoms with Crippen molar-refractivity contribution >= 4 is 11.3 Å². The second kappa shape index (κ2) is 4.52. The second-order valence-corrected chi connectivity index (χ2v) is 4.76. The molecule has 102 valence electrons. The molecule has 0 aliphatic carbocycles. The van der Waals surface area contributed by atoms with E-state index in [9.17, 15) is 0 Å². The molecule has 1 aromatic carbocycles. The van der Waals surface area contributed by atoms with Crippen molar-refractivity contribution in [3.05, 3.63) is 41.6 Å². The number of nitrogen functional groups attached to an aromatic ring is 1. The molecule has 0 atom stereocenters. The Balaban J connectivity index is 2.21. The number of aromatic nitrogens is 3. The van der Waals surface area contributed by atoms with Crippen molar-refractivity contribution in [2.24, 2.45) is 0 Å². The molecule has 0 unspecified atom stereocenters. The second-order valence-electron chi connectivity index (χ2n) is 4.76. The van der Waals surface area contributed by atoms with E-state index in [-0.39, 0.29) is 0 Å². The summed E-state index contributed by atoms with van der Waals surface area (Å²) in [6, 6.07) is 9.66. The van der Waals surface area contributed by atoms with E-state index in [1.807, 2.05) is 38.1 Å². The van der Waals surface area contributed by atoms with E-state index in [0.717, 1.165) is 33.8 Å². The van der Waals surface area contributed by atoms with Gasteiger partial charge in [-0.15, -0.1) is 5.10 Å². The predicted octanol–water partition coefficient (Wildman–Crippen LogP) is 2.60. The highest BCUT2D eigenvalue weighted by atomic mass is 16.5. The zero-order valence-electron chi connectivity index (χ0n) is 11.7. The fourth-order valence-corrected chi connectivity index (χ4v) is 2.20. The summed E-state index contributed by atoms with van der Waals surface area (Å²) in [5.41, 5.74) is 11.4. The first kappa shape index (κ1) is 12.5. The van der Waals surface area contributed by atoms with Crippen LogP contribution in [0.25, 0.3) is 16.9 Å². The first-order valence-corrected chi connectivity index (χ1v) is 6.37. The van der Waals surface area contributed by atoms with Gasteiger partial charge in [-0.25, -0.2) is 9.50 Å². The number of imidazole rings is 1. The largest absolute Gasteiger partial charge is 0.480 e. The molecule has 2 N–H and O–H groups in total. The van der Waals surface area contributed by atoms with Gasteiger partial charge in [-0.3, -0.25) is 0 Å². The Morgan fingerprint density at radius 1 is 1.15 bits per heavy atom. The molecular weight excluding hydrogens is 252 g/mol. The van der Waals surface area contributed by atoms with Crippen molar-refractivity contribution in [1.82, 2.24) is 14.6 Å². The highest BCUT2D eigenvalue weighted by Crippen LogP contribution is 2.26. The quantitative estimate of drug-likeness (QED) is 0.725. The number of nitrogens with zero attached hydrogens (tertiary/aromatic N) is 3. The predicted molar refractivity (Wildman–Crippen MR) is 78.9 cm³/mol. The molecule has 0 amide bonds. The number of rotatable bonds is 2. The van der Waals surface area contributed by atoms with Crippen LogP contribution in [0.1, 0.15) is 11.3 Å². The van der Waals surface area contributed by atoms with Crippen LogP contribution < -0.4 is 10.5 Å². The molecule has 0 radical (unpaired) electrons. The zero-order chi connectivity index (χ0) is 14.3. The maximum Gasteiger partial charge on any atom is 0.231 e. The van der Waals surface area contributed by atoms with Gasteiger partial charge in [-0.1, -0.05) is 12.1 Å². The van der Waals surface area contributed by atoms with Gasteiger partial charge in [0.25, 0.3) is 0 Å². The summed E-state index contributed by atoms with van der Waals surface area (Å²) < 4.78 is 6.93. The molecule has 2 aromatic heterocycles. The number of ether oxygens (including phenoxy) is 1. The molecule has 0 fully saturated rings. The smallest absolute Gasteiger partial charge is 0.231 e. The number of nitrogens with two attached hydrogens (primary N) is 1. The van der Waals surface area contributed by atoms with E-state index in [2.05, 4.69) is 10.1 Å². The zero-order valence-corrected chi connectivity index (χ0v) is 11.7. The fraction of sp³-hybridized carbons (Fsp3) is 0.200. The SMILES string of the molecule is COc1ccc2nc(-c3ccc(C)c(N)c3)c(C)n2n1. The third-order valence-corrected chi connectivity index (χ3v) is 3.44. The molecule has 3 rings (SSSR count). The Morgan fingerprint density at radius 2 is 1.95 bits per heavy atom. The van der Waals surface area contributed by atoms with E-state index in [0.29, 0.717) is 5.88 Å². The highest BCUT2D eigenvalue weighted by molar-refractivity contribution is 5.70.